The first-order valence-corrected chi connectivity index (χ1v) is 9.93. The lowest BCUT2D eigenvalue weighted by Crippen LogP contribution is -2.33. The predicted octanol–water partition coefficient (Wildman–Crippen LogP) is 4.08. The van der Waals surface area contributed by atoms with E-state index in [2.05, 4.69) is 19.7 Å². The van der Waals surface area contributed by atoms with E-state index >= 15 is 0 Å². The lowest BCUT2D eigenvalue weighted by atomic mass is 9.95. The van der Waals surface area contributed by atoms with Gasteiger partial charge in [-0.3, -0.25) is 10.1 Å². The third-order valence-corrected chi connectivity index (χ3v) is 5.32. The summed E-state index contributed by atoms with van der Waals surface area (Å²) in [5.74, 6) is 1.86. The summed E-state index contributed by atoms with van der Waals surface area (Å²) in [5.41, 5.74) is 0.474. The standard InChI is InChI=1S/C20H27N5O3/c1-20(2,3)28-18-12-16(6-7-17(18)25(26)27)23-10-8-14(9-11-23)19-22-21-13-24(19)15-4-5-15/h6-7,12-15H,4-5,8-11H2,1-3H3. The van der Waals surface area contributed by atoms with Crippen molar-refractivity contribution < 1.29 is 9.66 Å². The minimum atomic E-state index is -0.497. The molecule has 0 bridgehead atoms. The molecule has 0 amide bonds. The van der Waals surface area contributed by atoms with E-state index in [1.165, 1.54) is 12.8 Å². The number of aromatic nitrogens is 3. The Morgan fingerprint density at radius 2 is 1.89 bits per heavy atom. The molecule has 1 aliphatic carbocycles. The summed E-state index contributed by atoms with van der Waals surface area (Å²) in [4.78, 5) is 13.2. The molecule has 1 saturated heterocycles. The number of nitro groups is 1. The second-order valence-electron chi connectivity index (χ2n) is 8.71. The SMILES string of the molecule is CC(C)(C)Oc1cc(N2CCC(c3nncn3C3CC3)CC2)ccc1[N+](=O)[O-]. The van der Waals surface area contributed by atoms with E-state index in [0.717, 1.165) is 37.4 Å². The van der Waals surface area contributed by atoms with Crippen molar-refractivity contribution in [3.05, 3.63) is 40.5 Å². The minimum absolute atomic E-state index is 0.00564. The first kappa shape index (κ1) is 18.7. The molecule has 0 radical (unpaired) electrons. The maximum atomic E-state index is 11.4. The molecular formula is C20H27N5O3. The molecule has 1 aliphatic heterocycles. The number of rotatable bonds is 5. The number of piperidine rings is 1. The number of nitrogens with zero attached hydrogens (tertiary/aromatic N) is 5. The molecule has 2 aromatic rings. The van der Waals surface area contributed by atoms with E-state index in [9.17, 15) is 10.1 Å². The number of ether oxygens (including phenoxy) is 1. The fraction of sp³-hybridized carbons (Fsp3) is 0.600. The van der Waals surface area contributed by atoms with Gasteiger partial charge in [0, 0.05) is 42.9 Å². The zero-order valence-corrected chi connectivity index (χ0v) is 16.7. The minimum Gasteiger partial charge on any atom is -0.481 e. The average molecular weight is 385 g/mol. The summed E-state index contributed by atoms with van der Waals surface area (Å²) >= 11 is 0. The second kappa shape index (κ2) is 7.07. The number of benzene rings is 1. The van der Waals surface area contributed by atoms with Crippen molar-refractivity contribution in [1.29, 1.82) is 0 Å². The molecule has 0 unspecified atom stereocenters. The third-order valence-electron chi connectivity index (χ3n) is 5.32. The highest BCUT2D eigenvalue weighted by molar-refractivity contribution is 5.59. The molecule has 2 fully saturated rings. The Morgan fingerprint density at radius 3 is 2.50 bits per heavy atom. The van der Waals surface area contributed by atoms with Crippen LogP contribution in [0.1, 0.15) is 64.2 Å². The number of nitro benzene ring substituents is 1. The largest absolute Gasteiger partial charge is 0.481 e. The maximum absolute atomic E-state index is 11.4. The van der Waals surface area contributed by atoms with Crippen molar-refractivity contribution in [2.75, 3.05) is 18.0 Å². The van der Waals surface area contributed by atoms with Crippen molar-refractivity contribution in [2.45, 2.75) is 64.0 Å². The summed E-state index contributed by atoms with van der Waals surface area (Å²) < 4.78 is 8.12. The van der Waals surface area contributed by atoms with Crippen LogP contribution in [0.5, 0.6) is 5.75 Å². The van der Waals surface area contributed by atoms with Crippen molar-refractivity contribution in [3.8, 4) is 5.75 Å². The Balaban J connectivity index is 1.49. The van der Waals surface area contributed by atoms with Crippen LogP contribution in [0.25, 0.3) is 0 Å². The lowest BCUT2D eigenvalue weighted by Gasteiger charge is -2.33. The van der Waals surface area contributed by atoms with E-state index in [0.29, 0.717) is 17.7 Å². The Kier molecular flexibility index (Phi) is 4.72. The first-order chi connectivity index (χ1) is 13.3. The predicted molar refractivity (Wildman–Crippen MR) is 106 cm³/mol. The quantitative estimate of drug-likeness (QED) is 0.569. The van der Waals surface area contributed by atoms with Gasteiger partial charge in [0.15, 0.2) is 5.75 Å². The molecule has 8 heteroatoms. The van der Waals surface area contributed by atoms with Crippen molar-refractivity contribution in [1.82, 2.24) is 14.8 Å². The first-order valence-electron chi connectivity index (χ1n) is 9.93. The molecule has 8 nitrogen and oxygen atoms in total. The van der Waals surface area contributed by atoms with Gasteiger partial charge in [-0.05, 0) is 52.5 Å². The van der Waals surface area contributed by atoms with Crippen LogP contribution >= 0.6 is 0 Å². The molecular weight excluding hydrogens is 358 g/mol. The van der Waals surface area contributed by atoms with Gasteiger partial charge in [-0.2, -0.15) is 0 Å². The van der Waals surface area contributed by atoms with E-state index in [1.54, 1.807) is 12.1 Å². The summed E-state index contributed by atoms with van der Waals surface area (Å²) in [6.07, 6.45) is 6.31. The van der Waals surface area contributed by atoms with Crippen LogP contribution in [0, 0.1) is 10.1 Å². The van der Waals surface area contributed by atoms with Gasteiger partial charge in [-0.15, -0.1) is 10.2 Å². The van der Waals surface area contributed by atoms with Crippen LogP contribution in [-0.4, -0.2) is 38.4 Å². The summed E-state index contributed by atoms with van der Waals surface area (Å²) in [6.45, 7) is 7.45. The van der Waals surface area contributed by atoms with Gasteiger partial charge in [0.1, 0.15) is 17.8 Å². The van der Waals surface area contributed by atoms with Gasteiger partial charge < -0.3 is 14.2 Å². The molecule has 2 aliphatic rings. The van der Waals surface area contributed by atoms with Crippen LogP contribution in [0.4, 0.5) is 11.4 Å². The second-order valence-corrected chi connectivity index (χ2v) is 8.71. The highest BCUT2D eigenvalue weighted by Gasteiger charge is 2.31. The summed E-state index contributed by atoms with van der Waals surface area (Å²) in [7, 11) is 0. The summed E-state index contributed by atoms with van der Waals surface area (Å²) in [5, 5.41) is 19.9. The Labute approximate surface area is 164 Å². The Bertz CT molecular complexity index is 861. The molecule has 150 valence electrons. The van der Waals surface area contributed by atoms with E-state index < -0.39 is 5.60 Å². The molecule has 1 aromatic heterocycles. The normalized spacial score (nSPS) is 18.3. The van der Waals surface area contributed by atoms with Crippen LogP contribution in [0.3, 0.4) is 0 Å². The number of anilines is 1. The third kappa shape index (κ3) is 3.95. The molecule has 0 atom stereocenters. The molecule has 0 N–H and O–H groups in total. The molecule has 0 spiro atoms. The highest BCUT2D eigenvalue weighted by atomic mass is 16.6. The zero-order chi connectivity index (χ0) is 19.9. The Morgan fingerprint density at radius 1 is 1.18 bits per heavy atom. The average Bonchev–Trinajstić information content (AvgIpc) is 3.37. The van der Waals surface area contributed by atoms with Crippen LogP contribution < -0.4 is 9.64 Å². The van der Waals surface area contributed by atoms with Gasteiger partial charge in [0.2, 0.25) is 0 Å². The topological polar surface area (TPSA) is 86.3 Å². The van der Waals surface area contributed by atoms with E-state index in [1.807, 2.05) is 33.2 Å². The summed E-state index contributed by atoms with van der Waals surface area (Å²) in [6, 6.07) is 5.76. The smallest absolute Gasteiger partial charge is 0.311 e. The van der Waals surface area contributed by atoms with Crippen LogP contribution in [-0.2, 0) is 0 Å². The Hall–Kier alpha value is -2.64. The maximum Gasteiger partial charge on any atom is 0.311 e. The molecule has 2 heterocycles. The molecule has 1 saturated carbocycles. The van der Waals surface area contributed by atoms with Gasteiger partial charge in [-0.25, -0.2) is 0 Å². The van der Waals surface area contributed by atoms with E-state index in [-0.39, 0.29) is 10.6 Å². The van der Waals surface area contributed by atoms with Gasteiger partial charge in [0.25, 0.3) is 0 Å². The number of hydrogen-bond donors (Lipinski definition) is 0. The van der Waals surface area contributed by atoms with Crippen molar-refractivity contribution in [2.24, 2.45) is 0 Å². The lowest BCUT2D eigenvalue weighted by molar-refractivity contribution is -0.386. The van der Waals surface area contributed by atoms with Gasteiger partial charge in [-0.1, -0.05) is 0 Å². The highest BCUT2D eigenvalue weighted by Crippen LogP contribution is 2.40. The number of hydrogen-bond acceptors (Lipinski definition) is 6. The fourth-order valence-corrected chi connectivity index (χ4v) is 3.84. The van der Waals surface area contributed by atoms with Crippen LogP contribution in [0.15, 0.2) is 24.5 Å². The zero-order valence-electron chi connectivity index (χ0n) is 16.7. The molecule has 1 aromatic carbocycles. The van der Waals surface area contributed by atoms with Crippen molar-refractivity contribution >= 4 is 11.4 Å². The van der Waals surface area contributed by atoms with Gasteiger partial charge in [0.05, 0.1) is 4.92 Å². The van der Waals surface area contributed by atoms with Crippen molar-refractivity contribution in [3.63, 3.8) is 0 Å². The van der Waals surface area contributed by atoms with Gasteiger partial charge >= 0.3 is 5.69 Å². The molecule has 28 heavy (non-hydrogen) atoms. The van der Waals surface area contributed by atoms with Crippen LogP contribution in [0.2, 0.25) is 0 Å². The monoisotopic (exact) mass is 385 g/mol. The molecule has 4 rings (SSSR count). The van der Waals surface area contributed by atoms with E-state index in [4.69, 9.17) is 4.74 Å². The fourth-order valence-electron chi connectivity index (χ4n) is 3.84.